The number of aliphatic carboxylic acids is 1. The van der Waals surface area contributed by atoms with Crippen LogP contribution < -0.4 is 5.32 Å². The summed E-state index contributed by atoms with van der Waals surface area (Å²) in [5.41, 5.74) is 2.44. The molecule has 0 saturated carbocycles. The van der Waals surface area contributed by atoms with Crippen molar-refractivity contribution >= 4 is 11.9 Å². The van der Waals surface area contributed by atoms with Gasteiger partial charge in [0.15, 0.2) is 0 Å². The Hall–Kier alpha value is -1.84. The van der Waals surface area contributed by atoms with Gasteiger partial charge in [0.2, 0.25) is 5.91 Å². The van der Waals surface area contributed by atoms with Crippen LogP contribution in [0, 0.1) is 0 Å². The minimum Gasteiger partial charge on any atom is -0.481 e. The Labute approximate surface area is 113 Å². The molecular weight excluding hydrogens is 242 g/mol. The van der Waals surface area contributed by atoms with E-state index in [0.717, 1.165) is 18.4 Å². The van der Waals surface area contributed by atoms with E-state index >= 15 is 0 Å². The second-order valence-electron chi connectivity index (χ2n) is 4.52. The van der Waals surface area contributed by atoms with Crippen molar-refractivity contribution in [1.82, 2.24) is 5.32 Å². The van der Waals surface area contributed by atoms with Gasteiger partial charge in [-0.1, -0.05) is 31.2 Å². The maximum Gasteiger partial charge on any atom is 0.303 e. The number of amides is 1. The smallest absolute Gasteiger partial charge is 0.303 e. The number of carboxylic acids is 1. The molecule has 0 aliphatic rings. The number of nitrogens with one attached hydrogen (secondary N) is 1. The normalized spacial score (nSPS) is 10.2. The molecular formula is C15H21NO3. The molecule has 0 aliphatic carbocycles. The van der Waals surface area contributed by atoms with E-state index < -0.39 is 5.97 Å². The van der Waals surface area contributed by atoms with Gasteiger partial charge in [-0.2, -0.15) is 0 Å². The second kappa shape index (κ2) is 8.29. The molecule has 2 N–H and O–H groups in total. The van der Waals surface area contributed by atoms with Gasteiger partial charge >= 0.3 is 5.97 Å². The van der Waals surface area contributed by atoms with Crippen LogP contribution in [0.2, 0.25) is 0 Å². The van der Waals surface area contributed by atoms with Gasteiger partial charge in [0, 0.05) is 19.4 Å². The van der Waals surface area contributed by atoms with Gasteiger partial charge < -0.3 is 10.4 Å². The summed E-state index contributed by atoms with van der Waals surface area (Å²) in [6.45, 7) is 2.54. The highest BCUT2D eigenvalue weighted by molar-refractivity contribution is 5.76. The molecule has 0 fully saturated rings. The van der Waals surface area contributed by atoms with Crippen LogP contribution in [-0.4, -0.2) is 23.5 Å². The van der Waals surface area contributed by atoms with E-state index in [9.17, 15) is 9.59 Å². The summed E-state index contributed by atoms with van der Waals surface area (Å²) in [5, 5.41) is 11.2. The maximum absolute atomic E-state index is 11.5. The Morgan fingerprint density at radius 2 is 1.74 bits per heavy atom. The zero-order chi connectivity index (χ0) is 14.1. The summed E-state index contributed by atoms with van der Waals surface area (Å²) in [6, 6.07) is 8.27. The molecule has 19 heavy (non-hydrogen) atoms. The first-order chi connectivity index (χ1) is 9.11. The third-order valence-corrected chi connectivity index (χ3v) is 2.96. The number of hydrogen-bond donors (Lipinski definition) is 2. The molecule has 0 aromatic heterocycles. The zero-order valence-corrected chi connectivity index (χ0v) is 11.3. The largest absolute Gasteiger partial charge is 0.481 e. The SMILES string of the molecule is CCc1ccc(CCC(=O)NCCCC(=O)O)cc1. The molecule has 0 spiro atoms. The van der Waals surface area contributed by atoms with Gasteiger partial charge in [-0.05, 0) is 30.4 Å². The highest BCUT2D eigenvalue weighted by atomic mass is 16.4. The van der Waals surface area contributed by atoms with E-state index in [-0.39, 0.29) is 12.3 Å². The third kappa shape index (κ3) is 6.60. The van der Waals surface area contributed by atoms with E-state index in [0.29, 0.717) is 19.4 Å². The number of carbonyl (C=O) groups excluding carboxylic acids is 1. The summed E-state index contributed by atoms with van der Waals surface area (Å²) in [6.07, 6.45) is 2.75. The minimum atomic E-state index is -0.828. The second-order valence-corrected chi connectivity index (χ2v) is 4.52. The summed E-state index contributed by atoms with van der Waals surface area (Å²) in [7, 11) is 0. The van der Waals surface area contributed by atoms with E-state index in [4.69, 9.17) is 5.11 Å². The fourth-order valence-electron chi connectivity index (χ4n) is 1.76. The fourth-order valence-corrected chi connectivity index (χ4v) is 1.76. The quantitative estimate of drug-likeness (QED) is 0.706. The van der Waals surface area contributed by atoms with Crippen molar-refractivity contribution in [3.05, 3.63) is 35.4 Å². The lowest BCUT2D eigenvalue weighted by atomic mass is 10.1. The van der Waals surface area contributed by atoms with Gasteiger partial charge in [-0.15, -0.1) is 0 Å². The van der Waals surface area contributed by atoms with Crippen LogP contribution in [0.15, 0.2) is 24.3 Å². The van der Waals surface area contributed by atoms with Crippen LogP contribution in [0.4, 0.5) is 0 Å². The van der Waals surface area contributed by atoms with Crippen molar-refractivity contribution in [2.75, 3.05) is 6.54 Å². The molecule has 0 unspecified atom stereocenters. The Bertz CT molecular complexity index is 412. The van der Waals surface area contributed by atoms with Crippen LogP contribution in [0.25, 0.3) is 0 Å². The standard InChI is InChI=1S/C15H21NO3/c1-2-12-5-7-13(8-6-12)9-10-14(17)16-11-3-4-15(18)19/h5-8H,2-4,9-11H2,1H3,(H,16,17)(H,18,19). The summed E-state index contributed by atoms with van der Waals surface area (Å²) < 4.78 is 0. The minimum absolute atomic E-state index is 0.0232. The van der Waals surface area contributed by atoms with Crippen LogP contribution in [0.3, 0.4) is 0 Å². The van der Waals surface area contributed by atoms with E-state index in [2.05, 4.69) is 36.5 Å². The van der Waals surface area contributed by atoms with Crippen molar-refractivity contribution in [3.8, 4) is 0 Å². The molecule has 0 saturated heterocycles. The first-order valence-electron chi connectivity index (χ1n) is 6.68. The highest BCUT2D eigenvalue weighted by Gasteiger charge is 2.03. The zero-order valence-electron chi connectivity index (χ0n) is 11.3. The van der Waals surface area contributed by atoms with E-state index in [1.165, 1.54) is 5.56 Å². The average molecular weight is 263 g/mol. The van der Waals surface area contributed by atoms with Gasteiger partial charge in [0.25, 0.3) is 0 Å². The van der Waals surface area contributed by atoms with E-state index in [1.807, 2.05) is 0 Å². The lowest BCUT2D eigenvalue weighted by molar-refractivity contribution is -0.137. The number of hydrogen-bond acceptors (Lipinski definition) is 2. The first-order valence-corrected chi connectivity index (χ1v) is 6.68. The van der Waals surface area contributed by atoms with Crippen LogP contribution in [-0.2, 0) is 22.4 Å². The molecule has 1 amide bonds. The molecule has 0 atom stereocenters. The monoisotopic (exact) mass is 263 g/mol. The summed E-state index contributed by atoms with van der Waals surface area (Å²) in [5.74, 6) is -0.852. The van der Waals surface area contributed by atoms with Gasteiger partial charge in [-0.3, -0.25) is 9.59 Å². The number of aryl methyl sites for hydroxylation is 2. The molecule has 1 aromatic carbocycles. The predicted molar refractivity (Wildman–Crippen MR) is 74.0 cm³/mol. The van der Waals surface area contributed by atoms with Crippen LogP contribution in [0.5, 0.6) is 0 Å². The number of carbonyl (C=O) groups is 2. The Morgan fingerprint density at radius 1 is 1.11 bits per heavy atom. The molecule has 0 radical (unpaired) electrons. The van der Waals surface area contributed by atoms with Gasteiger partial charge in [-0.25, -0.2) is 0 Å². The number of carboxylic acid groups (broad SMARTS) is 1. The topological polar surface area (TPSA) is 66.4 Å². The molecule has 1 aromatic rings. The van der Waals surface area contributed by atoms with E-state index in [1.54, 1.807) is 0 Å². The van der Waals surface area contributed by atoms with Crippen molar-refractivity contribution in [1.29, 1.82) is 0 Å². The summed E-state index contributed by atoms with van der Waals surface area (Å²) >= 11 is 0. The number of benzene rings is 1. The van der Waals surface area contributed by atoms with Crippen molar-refractivity contribution in [2.45, 2.75) is 39.0 Å². The third-order valence-electron chi connectivity index (χ3n) is 2.96. The van der Waals surface area contributed by atoms with Gasteiger partial charge in [0.1, 0.15) is 0 Å². The fraction of sp³-hybridized carbons (Fsp3) is 0.467. The molecule has 0 heterocycles. The van der Waals surface area contributed by atoms with Gasteiger partial charge in [0.05, 0.1) is 0 Å². The maximum atomic E-state index is 11.5. The molecule has 4 heteroatoms. The van der Waals surface area contributed by atoms with Crippen LogP contribution in [0.1, 0.15) is 37.3 Å². The Kier molecular flexibility index (Phi) is 6.64. The van der Waals surface area contributed by atoms with Crippen molar-refractivity contribution < 1.29 is 14.7 Å². The molecule has 1 rings (SSSR count). The Balaban J connectivity index is 2.20. The van der Waals surface area contributed by atoms with Crippen molar-refractivity contribution in [2.24, 2.45) is 0 Å². The lowest BCUT2D eigenvalue weighted by Gasteiger charge is -2.05. The average Bonchev–Trinajstić information content (AvgIpc) is 2.41. The molecule has 0 bridgehead atoms. The molecule has 0 aliphatic heterocycles. The van der Waals surface area contributed by atoms with Crippen molar-refractivity contribution in [3.63, 3.8) is 0 Å². The predicted octanol–water partition coefficient (Wildman–Crippen LogP) is 2.16. The lowest BCUT2D eigenvalue weighted by Crippen LogP contribution is -2.25. The first kappa shape index (κ1) is 15.2. The highest BCUT2D eigenvalue weighted by Crippen LogP contribution is 2.07. The number of rotatable bonds is 8. The summed E-state index contributed by atoms with van der Waals surface area (Å²) in [4.78, 5) is 21.8. The molecule has 4 nitrogen and oxygen atoms in total. The molecule has 104 valence electrons. The van der Waals surface area contributed by atoms with Crippen LogP contribution >= 0.6 is 0 Å². The Morgan fingerprint density at radius 3 is 2.32 bits per heavy atom.